The maximum Gasteiger partial charge on any atom is 0.253 e. The van der Waals surface area contributed by atoms with Crippen LogP contribution >= 0.6 is 0 Å². The van der Waals surface area contributed by atoms with E-state index in [1.807, 2.05) is 12.1 Å². The van der Waals surface area contributed by atoms with Crippen LogP contribution in [0.3, 0.4) is 0 Å². The number of nitrogens with one attached hydrogen (secondary N) is 2. The van der Waals surface area contributed by atoms with Gasteiger partial charge in [0.2, 0.25) is 5.91 Å². The average Bonchev–Trinajstić information content (AvgIpc) is 2.67. The Morgan fingerprint density at radius 3 is 2.31 bits per heavy atom. The van der Waals surface area contributed by atoms with E-state index in [0.717, 1.165) is 5.56 Å². The highest BCUT2D eigenvalue weighted by molar-refractivity contribution is 5.97. The Hall–Kier alpha value is -3.15. The fourth-order valence-electron chi connectivity index (χ4n) is 2.45. The first-order chi connectivity index (χ1) is 12.4. The summed E-state index contributed by atoms with van der Waals surface area (Å²) in [6, 6.07) is 14.0. The van der Waals surface area contributed by atoms with E-state index in [1.54, 1.807) is 62.3 Å². The minimum Gasteiger partial charge on any atom is -0.355 e. The zero-order valence-corrected chi connectivity index (χ0v) is 15.2. The third kappa shape index (κ3) is 4.92. The molecule has 0 saturated heterocycles. The van der Waals surface area contributed by atoms with Crippen molar-refractivity contribution >= 4 is 23.4 Å². The van der Waals surface area contributed by atoms with Gasteiger partial charge in [-0.2, -0.15) is 0 Å². The van der Waals surface area contributed by atoms with Crippen LogP contribution in [0.15, 0.2) is 48.5 Å². The molecule has 2 aromatic rings. The first-order valence-corrected chi connectivity index (χ1v) is 8.41. The average molecular weight is 353 g/mol. The van der Waals surface area contributed by atoms with Crippen LogP contribution in [-0.2, 0) is 11.3 Å². The van der Waals surface area contributed by atoms with Gasteiger partial charge >= 0.3 is 0 Å². The van der Waals surface area contributed by atoms with Gasteiger partial charge in [-0.1, -0.05) is 25.1 Å². The lowest BCUT2D eigenvalue weighted by Gasteiger charge is -2.18. The third-order valence-electron chi connectivity index (χ3n) is 3.92. The predicted molar refractivity (Wildman–Crippen MR) is 101 cm³/mol. The molecular weight excluding hydrogens is 330 g/mol. The molecule has 2 N–H and O–H groups in total. The first-order valence-electron chi connectivity index (χ1n) is 8.41. The number of amides is 3. The highest BCUT2D eigenvalue weighted by atomic mass is 16.2. The molecule has 0 atom stereocenters. The lowest BCUT2D eigenvalue weighted by molar-refractivity contribution is -0.115. The van der Waals surface area contributed by atoms with Crippen LogP contribution in [-0.4, -0.2) is 36.7 Å². The number of hydrogen-bond acceptors (Lipinski definition) is 3. The number of nitrogens with zero attached hydrogens (tertiary/aromatic N) is 1. The normalized spacial score (nSPS) is 10.1. The SMILES string of the molecule is CCC(=O)Nc1cccc(C(=O)N(C)Cc2ccc(C(=O)NC)cc2)c1. The largest absolute Gasteiger partial charge is 0.355 e. The molecule has 0 saturated carbocycles. The van der Waals surface area contributed by atoms with E-state index < -0.39 is 0 Å². The molecule has 0 spiro atoms. The van der Waals surface area contributed by atoms with Gasteiger partial charge in [0.1, 0.15) is 0 Å². The van der Waals surface area contributed by atoms with Gasteiger partial charge in [0, 0.05) is 43.9 Å². The van der Waals surface area contributed by atoms with Crippen LogP contribution in [0.2, 0.25) is 0 Å². The molecule has 0 radical (unpaired) electrons. The minimum atomic E-state index is -0.146. The van der Waals surface area contributed by atoms with Crippen molar-refractivity contribution in [1.29, 1.82) is 0 Å². The fourth-order valence-corrected chi connectivity index (χ4v) is 2.45. The minimum absolute atomic E-state index is 0.0980. The molecule has 0 aliphatic rings. The molecule has 0 bridgehead atoms. The maximum absolute atomic E-state index is 12.6. The first kappa shape index (κ1) is 19.2. The van der Waals surface area contributed by atoms with Crippen molar-refractivity contribution in [3.05, 3.63) is 65.2 Å². The lowest BCUT2D eigenvalue weighted by Crippen LogP contribution is -2.26. The maximum atomic E-state index is 12.6. The van der Waals surface area contributed by atoms with E-state index in [0.29, 0.717) is 29.8 Å². The second kappa shape index (κ2) is 8.80. The Morgan fingerprint density at radius 1 is 1.00 bits per heavy atom. The van der Waals surface area contributed by atoms with Gasteiger partial charge in [-0.15, -0.1) is 0 Å². The van der Waals surface area contributed by atoms with Gasteiger partial charge in [-0.25, -0.2) is 0 Å². The van der Waals surface area contributed by atoms with Crippen molar-refractivity contribution in [2.75, 3.05) is 19.4 Å². The number of rotatable bonds is 6. The van der Waals surface area contributed by atoms with Crippen LogP contribution in [0.5, 0.6) is 0 Å². The molecular formula is C20H23N3O3. The molecule has 0 aromatic heterocycles. The number of benzene rings is 2. The quantitative estimate of drug-likeness (QED) is 0.838. The van der Waals surface area contributed by atoms with Gasteiger partial charge in [0.15, 0.2) is 0 Å². The van der Waals surface area contributed by atoms with Gasteiger partial charge < -0.3 is 15.5 Å². The van der Waals surface area contributed by atoms with Crippen molar-refractivity contribution < 1.29 is 14.4 Å². The molecule has 2 aromatic carbocycles. The van der Waals surface area contributed by atoms with Crippen LogP contribution in [0, 0.1) is 0 Å². The number of carbonyl (C=O) groups excluding carboxylic acids is 3. The molecule has 2 rings (SSSR count). The molecule has 0 heterocycles. The molecule has 0 aliphatic carbocycles. The Balaban J connectivity index is 2.06. The van der Waals surface area contributed by atoms with E-state index in [-0.39, 0.29) is 17.7 Å². The van der Waals surface area contributed by atoms with Crippen molar-refractivity contribution in [3.8, 4) is 0 Å². The topological polar surface area (TPSA) is 78.5 Å². The van der Waals surface area contributed by atoms with Crippen molar-refractivity contribution in [1.82, 2.24) is 10.2 Å². The summed E-state index contributed by atoms with van der Waals surface area (Å²) in [7, 11) is 3.30. The van der Waals surface area contributed by atoms with E-state index in [4.69, 9.17) is 0 Å². The van der Waals surface area contributed by atoms with Crippen molar-refractivity contribution in [3.63, 3.8) is 0 Å². The van der Waals surface area contributed by atoms with E-state index >= 15 is 0 Å². The number of hydrogen-bond donors (Lipinski definition) is 2. The van der Waals surface area contributed by atoms with Gasteiger partial charge in [-0.05, 0) is 35.9 Å². The Kier molecular flexibility index (Phi) is 6.49. The Bertz CT molecular complexity index is 800. The molecule has 136 valence electrons. The molecule has 0 fully saturated rings. The van der Waals surface area contributed by atoms with Crippen LogP contribution < -0.4 is 10.6 Å². The summed E-state index contributed by atoms with van der Waals surface area (Å²) < 4.78 is 0. The molecule has 26 heavy (non-hydrogen) atoms. The molecule has 3 amide bonds. The summed E-state index contributed by atoms with van der Waals surface area (Å²) in [6.45, 7) is 2.19. The van der Waals surface area contributed by atoms with Crippen molar-refractivity contribution in [2.24, 2.45) is 0 Å². The summed E-state index contributed by atoms with van der Waals surface area (Å²) in [5, 5.41) is 5.32. The molecule has 6 heteroatoms. The summed E-state index contributed by atoms with van der Waals surface area (Å²) in [4.78, 5) is 37.3. The predicted octanol–water partition coefficient (Wildman–Crippen LogP) is 2.67. The van der Waals surface area contributed by atoms with Crippen LogP contribution in [0.1, 0.15) is 39.6 Å². The zero-order chi connectivity index (χ0) is 19.1. The highest BCUT2D eigenvalue weighted by Gasteiger charge is 2.13. The smallest absolute Gasteiger partial charge is 0.253 e. The van der Waals surface area contributed by atoms with Gasteiger partial charge in [0.25, 0.3) is 11.8 Å². The second-order valence-corrected chi connectivity index (χ2v) is 5.92. The summed E-state index contributed by atoms with van der Waals surface area (Å²) in [5.74, 6) is -0.390. The van der Waals surface area contributed by atoms with Crippen LogP contribution in [0.4, 0.5) is 5.69 Å². The number of anilines is 1. The lowest BCUT2D eigenvalue weighted by atomic mass is 10.1. The van der Waals surface area contributed by atoms with Gasteiger partial charge in [-0.3, -0.25) is 14.4 Å². The van der Waals surface area contributed by atoms with Gasteiger partial charge in [0.05, 0.1) is 0 Å². The summed E-state index contributed by atoms with van der Waals surface area (Å²) in [6.07, 6.45) is 0.379. The summed E-state index contributed by atoms with van der Waals surface area (Å²) in [5.41, 5.74) is 2.60. The number of carbonyl (C=O) groups is 3. The van der Waals surface area contributed by atoms with E-state index in [1.165, 1.54) is 0 Å². The molecule has 0 unspecified atom stereocenters. The highest BCUT2D eigenvalue weighted by Crippen LogP contribution is 2.14. The van der Waals surface area contributed by atoms with Crippen LogP contribution in [0.25, 0.3) is 0 Å². The standard InChI is InChI=1S/C20H23N3O3/c1-4-18(24)22-17-7-5-6-16(12-17)20(26)23(3)13-14-8-10-15(11-9-14)19(25)21-2/h5-12H,4,13H2,1-3H3,(H,21,25)(H,22,24). The monoisotopic (exact) mass is 353 g/mol. The molecule has 6 nitrogen and oxygen atoms in total. The van der Waals surface area contributed by atoms with Crippen molar-refractivity contribution in [2.45, 2.75) is 19.9 Å². The summed E-state index contributed by atoms with van der Waals surface area (Å²) >= 11 is 0. The second-order valence-electron chi connectivity index (χ2n) is 5.92. The molecule has 0 aliphatic heterocycles. The Morgan fingerprint density at radius 2 is 1.69 bits per heavy atom. The Labute approximate surface area is 153 Å². The van der Waals surface area contributed by atoms with E-state index in [2.05, 4.69) is 10.6 Å². The zero-order valence-electron chi connectivity index (χ0n) is 15.2. The van der Waals surface area contributed by atoms with E-state index in [9.17, 15) is 14.4 Å². The third-order valence-corrected chi connectivity index (χ3v) is 3.92. The fraction of sp³-hybridized carbons (Fsp3) is 0.250.